The summed E-state index contributed by atoms with van der Waals surface area (Å²) in [6.45, 7) is 4.27. The molecule has 0 bridgehead atoms. The molecule has 202 valence electrons. The lowest BCUT2D eigenvalue weighted by molar-refractivity contribution is -0.232. The number of unbranched alkanes of at least 4 members (excludes halogenated alkanes) is 1. The predicted octanol–water partition coefficient (Wildman–Crippen LogP) is 1.38. The lowest BCUT2D eigenvalue weighted by atomic mass is 9.87. The van der Waals surface area contributed by atoms with Gasteiger partial charge in [-0.15, -0.1) is 0 Å². The molecule has 1 heterocycles. The van der Waals surface area contributed by atoms with E-state index in [1.165, 1.54) is 19.9 Å². The summed E-state index contributed by atoms with van der Waals surface area (Å²) in [5, 5.41) is 71.8. The molecule has 1 aliphatic heterocycles. The van der Waals surface area contributed by atoms with Gasteiger partial charge in [-0.3, -0.25) is 0 Å². The number of phenolic OH excluding ortho intramolecular Hbond substituents is 2. The molecule has 1 aromatic carbocycles. The van der Waals surface area contributed by atoms with Crippen LogP contribution in [0.4, 0.5) is 0 Å². The Morgan fingerprint density at radius 1 is 1.08 bits per heavy atom. The average molecular weight is 511 g/mol. The van der Waals surface area contributed by atoms with E-state index in [-0.39, 0.29) is 17.5 Å². The van der Waals surface area contributed by atoms with Gasteiger partial charge in [0.25, 0.3) is 0 Å². The van der Waals surface area contributed by atoms with E-state index in [9.17, 15) is 40.5 Å². The first-order chi connectivity index (χ1) is 17.0. The summed E-state index contributed by atoms with van der Waals surface area (Å²) in [5.41, 5.74) is -0.434. The molecule has 10 heteroatoms. The maximum atomic E-state index is 13.0. The number of carbonyl (C=O) groups is 1. The predicted molar refractivity (Wildman–Crippen MR) is 131 cm³/mol. The second kappa shape index (κ2) is 13.7. The molecule has 36 heavy (non-hydrogen) atoms. The van der Waals surface area contributed by atoms with Gasteiger partial charge in [0.2, 0.25) is 0 Å². The monoisotopic (exact) mass is 510 g/mol. The molecule has 7 atom stereocenters. The minimum Gasteiger partial charge on any atom is -0.507 e. The Kier molecular flexibility index (Phi) is 11.4. The molecule has 0 saturated carbocycles. The molecule has 0 amide bonds. The van der Waals surface area contributed by atoms with Crippen LogP contribution in [0.1, 0.15) is 67.6 Å². The number of rotatable bonds is 11. The first-order valence-electron chi connectivity index (χ1n) is 12.1. The zero-order valence-electron chi connectivity index (χ0n) is 20.8. The number of ether oxygens (including phenoxy) is 2. The SMILES string of the molecule is CCC/C=C/C=C/CCc1cc(O)c([C@@H]2O[C@H](CO)[C@@H](O)[C@H](O)[C@H]2O)c(O)c1C(=O)OC(C)C(C)O. The van der Waals surface area contributed by atoms with Crippen molar-refractivity contribution in [1.82, 2.24) is 0 Å². The minimum atomic E-state index is -1.79. The summed E-state index contributed by atoms with van der Waals surface area (Å²) in [5.74, 6) is -2.21. The third-order valence-corrected chi connectivity index (χ3v) is 6.17. The van der Waals surface area contributed by atoms with Gasteiger partial charge in [-0.1, -0.05) is 37.6 Å². The largest absolute Gasteiger partial charge is 0.507 e. The van der Waals surface area contributed by atoms with Gasteiger partial charge in [0, 0.05) is 0 Å². The minimum absolute atomic E-state index is 0.238. The third kappa shape index (κ3) is 7.06. The van der Waals surface area contributed by atoms with Gasteiger partial charge in [-0.2, -0.15) is 0 Å². The van der Waals surface area contributed by atoms with Gasteiger partial charge in [-0.05, 0) is 44.7 Å². The molecular weight excluding hydrogens is 472 g/mol. The number of aromatic hydroxyl groups is 2. The van der Waals surface area contributed by atoms with Crippen LogP contribution in [0, 0.1) is 0 Å². The molecule has 2 rings (SSSR count). The summed E-state index contributed by atoms with van der Waals surface area (Å²) in [4.78, 5) is 13.0. The lowest BCUT2D eigenvalue weighted by Crippen LogP contribution is -2.55. The molecule has 0 radical (unpaired) electrons. The zero-order chi connectivity index (χ0) is 27.0. The summed E-state index contributed by atoms with van der Waals surface area (Å²) >= 11 is 0. The quantitative estimate of drug-likeness (QED) is 0.170. The van der Waals surface area contributed by atoms with Crippen LogP contribution in [0.25, 0.3) is 0 Å². The first kappa shape index (κ1) is 29.8. The summed E-state index contributed by atoms with van der Waals surface area (Å²) < 4.78 is 10.8. The number of benzene rings is 1. The van der Waals surface area contributed by atoms with E-state index in [1.54, 1.807) is 0 Å². The van der Waals surface area contributed by atoms with Crippen LogP contribution < -0.4 is 0 Å². The summed E-state index contributed by atoms with van der Waals surface area (Å²) in [6, 6.07) is 1.24. The molecule has 0 spiro atoms. The number of aliphatic hydroxyl groups excluding tert-OH is 5. The van der Waals surface area contributed by atoms with Crippen molar-refractivity contribution in [3.8, 4) is 11.5 Å². The van der Waals surface area contributed by atoms with Gasteiger partial charge in [0.05, 0.1) is 18.3 Å². The fourth-order valence-electron chi connectivity index (χ4n) is 3.85. The van der Waals surface area contributed by atoms with Crippen molar-refractivity contribution in [2.24, 2.45) is 0 Å². The van der Waals surface area contributed by atoms with Crippen LogP contribution in [-0.2, 0) is 15.9 Å². The van der Waals surface area contributed by atoms with Gasteiger partial charge in [0.15, 0.2) is 0 Å². The highest BCUT2D eigenvalue weighted by atomic mass is 16.6. The third-order valence-electron chi connectivity index (χ3n) is 6.17. The molecule has 1 aliphatic rings. The van der Waals surface area contributed by atoms with E-state index < -0.39 is 72.4 Å². The molecule has 1 aromatic rings. The van der Waals surface area contributed by atoms with E-state index in [2.05, 4.69) is 6.92 Å². The van der Waals surface area contributed by atoms with Gasteiger partial charge in [0.1, 0.15) is 53.7 Å². The van der Waals surface area contributed by atoms with Crippen LogP contribution in [-0.4, -0.2) is 84.9 Å². The normalized spacial score (nSPS) is 26.4. The highest BCUT2D eigenvalue weighted by Gasteiger charge is 2.46. The topological polar surface area (TPSA) is 177 Å². The fourth-order valence-corrected chi connectivity index (χ4v) is 3.85. The van der Waals surface area contributed by atoms with Crippen molar-refractivity contribution in [3.05, 3.63) is 47.1 Å². The van der Waals surface area contributed by atoms with Crippen molar-refractivity contribution in [2.45, 2.75) is 89.2 Å². The first-order valence-corrected chi connectivity index (χ1v) is 12.1. The summed E-state index contributed by atoms with van der Waals surface area (Å²) in [7, 11) is 0. The molecule has 0 aromatic heterocycles. The van der Waals surface area contributed by atoms with Crippen molar-refractivity contribution in [1.29, 1.82) is 0 Å². The zero-order valence-corrected chi connectivity index (χ0v) is 20.8. The van der Waals surface area contributed by atoms with Crippen LogP contribution in [0.3, 0.4) is 0 Å². The standard InChI is InChI=1S/C26H38O10/c1-4-5-6-7-8-9-10-11-16-12-17(29)20(22(31)19(16)26(34)35-15(3)14(2)28)25-24(33)23(32)21(30)18(13-27)36-25/h6-9,12,14-15,18,21,23-25,27-33H,4-5,10-11,13H2,1-3H3/b7-6+,9-8+/t14?,15?,18-,21-,23+,24-,25+/m1/s1. The van der Waals surface area contributed by atoms with Gasteiger partial charge < -0.3 is 45.2 Å². The second-order valence-electron chi connectivity index (χ2n) is 8.98. The molecule has 2 unspecified atom stereocenters. The van der Waals surface area contributed by atoms with Crippen molar-refractivity contribution >= 4 is 5.97 Å². The van der Waals surface area contributed by atoms with Crippen molar-refractivity contribution in [2.75, 3.05) is 6.61 Å². The second-order valence-corrected chi connectivity index (χ2v) is 8.98. The number of esters is 1. The smallest absolute Gasteiger partial charge is 0.342 e. The molecule has 10 nitrogen and oxygen atoms in total. The molecular formula is C26H38O10. The van der Waals surface area contributed by atoms with Gasteiger partial charge >= 0.3 is 5.97 Å². The number of hydrogen-bond donors (Lipinski definition) is 7. The highest BCUT2D eigenvalue weighted by Crippen LogP contribution is 2.44. The fraction of sp³-hybridized carbons (Fsp3) is 0.577. The Morgan fingerprint density at radius 2 is 1.72 bits per heavy atom. The van der Waals surface area contributed by atoms with Crippen molar-refractivity contribution < 1.29 is 50.0 Å². The average Bonchev–Trinajstić information content (AvgIpc) is 2.82. The van der Waals surface area contributed by atoms with Crippen LogP contribution in [0.5, 0.6) is 11.5 Å². The Hall–Kier alpha value is -2.47. The Balaban J connectivity index is 2.48. The summed E-state index contributed by atoms with van der Waals surface area (Å²) in [6.07, 6.45) is 0.374. The number of hydrogen-bond acceptors (Lipinski definition) is 10. The highest BCUT2D eigenvalue weighted by molar-refractivity contribution is 5.95. The Morgan fingerprint density at radius 3 is 2.31 bits per heavy atom. The van der Waals surface area contributed by atoms with E-state index in [4.69, 9.17) is 9.47 Å². The number of aryl methyl sites for hydroxylation is 1. The van der Waals surface area contributed by atoms with E-state index in [0.29, 0.717) is 6.42 Å². The number of carbonyl (C=O) groups excluding carboxylic acids is 1. The van der Waals surface area contributed by atoms with Gasteiger partial charge in [-0.25, -0.2) is 4.79 Å². The molecule has 0 aliphatic carbocycles. The molecule has 7 N–H and O–H groups in total. The number of aliphatic hydroxyl groups is 5. The van der Waals surface area contributed by atoms with E-state index >= 15 is 0 Å². The molecule has 1 saturated heterocycles. The molecule has 1 fully saturated rings. The van der Waals surface area contributed by atoms with Crippen LogP contribution in [0.2, 0.25) is 0 Å². The van der Waals surface area contributed by atoms with Crippen molar-refractivity contribution in [3.63, 3.8) is 0 Å². The lowest BCUT2D eigenvalue weighted by Gasteiger charge is -2.40. The van der Waals surface area contributed by atoms with Crippen LogP contribution in [0.15, 0.2) is 30.4 Å². The Bertz CT molecular complexity index is 924. The maximum Gasteiger partial charge on any atom is 0.342 e. The van der Waals surface area contributed by atoms with E-state index in [0.717, 1.165) is 12.8 Å². The van der Waals surface area contributed by atoms with E-state index in [1.807, 2.05) is 24.3 Å². The maximum absolute atomic E-state index is 13.0. The Labute approximate surface area is 210 Å². The van der Waals surface area contributed by atoms with Crippen LogP contribution >= 0.6 is 0 Å². The number of phenols is 2. The number of allylic oxidation sites excluding steroid dienone is 4.